The van der Waals surface area contributed by atoms with E-state index in [-0.39, 0.29) is 18.6 Å². The summed E-state index contributed by atoms with van der Waals surface area (Å²) < 4.78 is 10.5. The molecule has 0 bridgehead atoms. The van der Waals surface area contributed by atoms with Crippen molar-refractivity contribution in [2.24, 2.45) is 0 Å². The number of benzene rings is 1. The largest absolute Gasteiger partial charge is 0.454 e. The van der Waals surface area contributed by atoms with Crippen LogP contribution in [0.2, 0.25) is 0 Å². The number of hydrogen-bond donors (Lipinski definition) is 1. The molecule has 0 aromatic heterocycles. The number of ether oxygens (including phenoxy) is 2. The highest BCUT2D eigenvalue weighted by atomic mass is 16.7. The zero-order chi connectivity index (χ0) is 9.71. The molecule has 1 unspecified atom stereocenters. The van der Waals surface area contributed by atoms with Gasteiger partial charge in [0.05, 0.1) is 5.92 Å². The molecular weight excluding hydrogens is 182 g/mol. The smallest absolute Gasteiger partial charge is 0.231 e. The normalized spacial score (nSPS) is 22.1. The molecule has 1 amide bonds. The monoisotopic (exact) mass is 191 g/mol. The van der Waals surface area contributed by atoms with Crippen molar-refractivity contribution in [2.45, 2.75) is 12.8 Å². The van der Waals surface area contributed by atoms with Crippen molar-refractivity contribution in [3.63, 3.8) is 0 Å². The predicted octanol–water partition coefficient (Wildman–Crippen LogP) is 1.47. The number of carbonyl (C=O) groups is 1. The molecule has 1 aromatic carbocycles. The molecule has 2 aliphatic heterocycles. The molecule has 4 nitrogen and oxygen atoms in total. The van der Waals surface area contributed by atoms with Crippen LogP contribution in [0.3, 0.4) is 0 Å². The zero-order valence-corrected chi connectivity index (χ0v) is 7.66. The lowest BCUT2D eigenvalue weighted by Crippen LogP contribution is -2.08. The van der Waals surface area contributed by atoms with Gasteiger partial charge < -0.3 is 14.8 Å². The summed E-state index contributed by atoms with van der Waals surface area (Å²) in [5.74, 6) is 1.37. The lowest BCUT2D eigenvalue weighted by Gasteiger charge is -2.02. The standard InChI is InChI=1S/C10H9NO3/c1-5-6-2-8-9(14-4-13-8)3-7(6)11-10(5)12/h2-3,5H,4H2,1H3,(H,11,12). The van der Waals surface area contributed by atoms with Gasteiger partial charge in [0.1, 0.15) is 0 Å². The Balaban J connectivity index is 2.17. The van der Waals surface area contributed by atoms with Crippen LogP contribution in [0.5, 0.6) is 11.5 Å². The molecule has 0 fully saturated rings. The first-order valence-corrected chi connectivity index (χ1v) is 4.50. The van der Waals surface area contributed by atoms with E-state index in [0.717, 1.165) is 17.0 Å². The summed E-state index contributed by atoms with van der Waals surface area (Å²) in [6, 6.07) is 3.69. The molecule has 0 aliphatic carbocycles. The van der Waals surface area contributed by atoms with Crippen molar-refractivity contribution in [3.8, 4) is 11.5 Å². The molecule has 0 spiro atoms. The van der Waals surface area contributed by atoms with Crippen molar-refractivity contribution in [1.29, 1.82) is 0 Å². The van der Waals surface area contributed by atoms with Gasteiger partial charge in [-0.3, -0.25) is 4.79 Å². The molecule has 0 radical (unpaired) electrons. The average Bonchev–Trinajstić information content (AvgIpc) is 2.70. The fourth-order valence-corrected chi connectivity index (χ4v) is 1.81. The van der Waals surface area contributed by atoms with Gasteiger partial charge in [-0.1, -0.05) is 0 Å². The molecule has 14 heavy (non-hydrogen) atoms. The summed E-state index contributed by atoms with van der Waals surface area (Å²) in [5, 5.41) is 2.80. The van der Waals surface area contributed by atoms with Crippen LogP contribution in [-0.2, 0) is 4.79 Å². The van der Waals surface area contributed by atoms with E-state index >= 15 is 0 Å². The number of fused-ring (bicyclic) bond motifs is 2. The molecular formula is C10H9NO3. The maximum Gasteiger partial charge on any atom is 0.231 e. The van der Waals surface area contributed by atoms with Crippen molar-refractivity contribution in [3.05, 3.63) is 17.7 Å². The van der Waals surface area contributed by atoms with E-state index in [0.29, 0.717) is 5.75 Å². The summed E-state index contributed by atoms with van der Waals surface area (Å²) in [6.45, 7) is 2.14. The molecule has 1 N–H and O–H groups in total. The highest BCUT2D eigenvalue weighted by molar-refractivity contribution is 6.03. The third-order valence-electron chi connectivity index (χ3n) is 2.66. The number of anilines is 1. The quantitative estimate of drug-likeness (QED) is 0.675. The van der Waals surface area contributed by atoms with Crippen LogP contribution in [0, 0.1) is 0 Å². The van der Waals surface area contributed by atoms with Crippen LogP contribution < -0.4 is 14.8 Å². The number of nitrogens with one attached hydrogen (secondary N) is 1. The van der Waals surface area contributed by atoms with Crippen molar-refractivity contribution in [1.82, 2.24) is 0 Å². The second-order valence-electron chi connectivity index (χ2n) is 3.50. The molecule has 3 rings (SSSR count). The average molecular weight is 191 g/mol. The van der Waals surface area contributed by atoms with Gasteiger partial charge in [0.2, 0.25) is 12.7 Å². The fraction of sp³-hybridized carbons (Fsp3) is 0.300. The maximum atomic E-state index is 11.4. The molecule has 2 aliphatic rings. The Hall–Kier alpha value is -1.71. The summed E-state index contributed by atoms with van der Waals surface area (Å²) in [4.78, 5) is 11.4. The van der Waals surface area contributed by atoms with Crippen molar-refractivity contribution in [2.75, 3.05) is 12.1 Å². The summed E-state index contributed by atoms with van der Waals surface area (Å²) in [7, 11) is 0. The molecule has 1 atom stereocenters. The van der Waals surface area contributed by atoms with E-state index in [4.69, 9.17) is 9.47 Å². The van der Waals surface area contributed by atoms with Crippen LogP contribution in [0.25, 0.3) is 0 Å². The van der Waals surface area contributed by atoms with Crippen molar-refractivity contribution < 1.29 is 14.3 Å². The van der Waals surface area contributed by atoms with E-state index in [2.05, 4.69) is 5.32 Å². The molecule has 2 heterocycles. The summed E-state index contributed by atoms with van der Waals surface area (Å²) in [6.07, 6.45) is 0. The third-order valence-corrected chi connectivity index (χ3v) is 2.66. The fourth-order valence-electron chi connectivity index (χ4n) is 1.81. The van der Waals surface area contributed by atoms with Crippen LogP contribution in [0.1, 0.15) is 18.4 Å². The van der Waals surface area contributed by atoms with E-state index in [9.17, 15) is 4.79 Å². The Bertz CT molecular complexity index is 428. The van der Waals surface area contributed by atoms with Crippen LogP contribution in [0.4, 0.5) is 5.69 Å². The first-order valence-electron chi connectivity index (χ1n) is 4.50. The van der Waals surface area contributed by atoms with Gasteiger partial charge in [-0.15, -0.1) is 0 Å². The van der Waals surface area contributed by atoms with Gasteiger partial charge in [0.15, 0.2) is 11.5 Å². The highest BCUT2D eigenvalue weighted by Gasteiger charge is 2.29. The minimum atomic E-state index is -0.0977. The SMILES string of the molecule is CC1C(=O)Nc2cc3c(cc21)OCO3. The Labute approximate surface area is 80.8 Å². The van der Waals surface area contributed by atoms with Gasteiger partial charge >= 0.3 is 0 Å². The number of rotatable bonds is 0. The predicted molar refractivity (Wildman–Crippen MR) is 49.6 cm³/mol. The van der Waals surface area contributed by atoms with Crippen LogP contribution in [-0.4, -0.2) is 12.7 Å². The van der Waals surface area contributed by atoms with Crippen LogP contribution >= 0.6 is 0 Å². The number of hydrogen-bond acceptors (Lipinski definition) is 3. The lowest BCUT2D eigenvalue weighted by molar-refractivity contribution is -0.116. The van der Waals surface area contributed by atoms with Gasteiger partial charge in [0, 0.05) is 11.8 Å². The van der Waals surface area contributed by atoms with E-state index < -0.39 is 0 Å². The van der Waals surface area contributed by atoms with Crippen molar-refractivity contribution >= 4 is 11.6 Å². The molecule has 4 heteroatoms. The van der Waals surface area contributed by atoms with E-state index in [1.807, 2.05) is 19.1 Å². The Morgan fingerprint density at radius 3 is 2.86 bits per heavy atom. The molecule has 0 saturated carbocycles. The van der Waals surface area contributed by atoms with Gasteiger partial charge in [-0.25, -0.2) is 0 Å². The molecule has 1 aromatic rings. The maximum absolute atomic E-state index is 11.4. The minimum absolute atomic E-state index is 0.0312. The Morgan fingerprint density at radius 2 is 2.07 bits per heavy atom. The summed E-state index contributed by atoms with van der Waals surface area (Å²) >= 11 is 0. The Kier molecular flexibility index (Phi) is 1.32. The van der Waals surface area contributed by atoms with Gasteiger partial charge in [-0.2, -0.15) is 0 Å². The number of amides is 1. The second kappa shape index (κ2) is 2.41. The van der Waals surface area contributed by atoms with Gasteiger partial charge in [-0.05, 0) is 18.6 Å². The first kappa shape index (κ1) is 7.67. The topological polar surface area (TPSA) is 47.6 Å². The lowest BCUT2D eigenvalue weighted by atomic mass is 10.0. The first-order chi connectivity index (χ1) is 6.75. The molecule has 0 saturated heterocycles. The van der Waals surface area contributed by atoms with E-state index in [1.165, 1.54) is 0 Å². The second-order valence-corrected chi connectivity index (χ2v) is 3.50. The number of carbonyl (C=O) groups excluding carboxylic acids is 1. The minimum Gasteiger partial charge on any atom is -0.454 e. The van der Waals surface area contributed by atoms with E-state index in [1.54, 1.807) is 0 Å². The zero-order valence-electron chi connectivity index (χ0n) is 7.66. The highest BCUT2D eigenvalue weighted by Crippen LogP contribution is 2.42. The molecule has 72 valence electrons. The van der Waals surface area contributed by atoms with Gasteiger partial charge in [0.25, 0.3) is 0 Å². The Morgan fingerprint density at radius 1 is 1.36 bits per heavy atom. The summed E-state index contributed by atoms with van der Waals surface area (Å²) in [5.41, 5.74) is 1.83. The third kappa shape index (κ3) is 0.852. The van der Waals surface area contributed by atoms with Crippen LogP contribution in [0.15, 0.2) is 12.1 Å².